The van der Waals surface area contributed by atoms with E-state index in [2.05, 4.69) is 18.3 Å². The molecule has 0 saturated carbocycles. The van der Waals surface area contributed by atoms with Crippen LogP contribution in [0.1, 0.15) is 27.2 Å². The highest BCUT2D eigenvalue weighted by molar-refractivity contribution is 5.68. The van der Waals surface area contributed by atoms with E-state index < -0.39 is 5.97 Å². The van der Waals surface area contributed by atoms with Crippen LogP contribution in [-0.2, 0) is 4.79 Å². The highest BCUT2D eigenvalue weighted by Crippen LogP contribution is 2.35. The second kappa shape index (κ2) is 5.49. The summed E-state index contributed by atoms with van der Waals surface area (Å²) in [6.07, 6.45) is 3.30. The second-order valence-electron chi connectivity index (χ2n) is 4.53. The van der Waals surface area contributed by atoms with Crippen molar-refractivity contribution in [2.75, 3.05) is 0 Å². The Morgan fingerprint density at radius 3 is 2.33 bits per heavy atom. The fourth-order valence-corrected chi connectivity index (χ4v) is 1.49. The number of hydrogen-bond donors (Lipinski definition) is 1. The average Bonchev–Trinajstić information content (AvgIpc) is 2.09. The molecule has 0 saturated heterocycles. The van der Waals surface area contributed by atoms with Crippen molar-refractivity contribution in [3.63, 3.8) is 0 Å². The summed E-state index contributed by atoms with van der Waals surface area (Å²) in [4.78, 5) is 14.4. The van der Waals surface area contributed by atoms with Gasteiger partial charge in [0.05, 0.1) is 6.42 Å². The van der Waals surface area contributed by atoms with Crippen LogP contribution in [0.3, 0.4) is 0 Å². The van der Waals surface area contributed by atoms with Crippen molar-refractivity contribution in [1.82, 2.24) is 0 Å². The molecule has 0 aromatic heterocycles. The molecule has 0 rings (SSSR count). The quantitative estimate of drug-likeness (QED) is 0.559. The van der Waals surface area contributed by atoms with Gasteiger partial charge in [-0.2, -0.15) is 0 Å². The van der Waals surface area contributed by atoms with Crippen molar-refractivity contribution < 1.29 is 9.90 Å². The van der Waals surface area contributed by atoms with Gasteiger partial charge in [0.15, 0.2) is 0 Å². The molecule has 0 fully saturated rings. The predicted molar refractivity (Wildman–Crippen MR) is 63.0 cm³/mol. The first-order valence-corrected chi connectivity index (χ1v) is 4.83. The Morgan fingerprint density at radius 2 is 2.07 bits per heavy atom. The minimum Gasteiger partial charge on any atom is -0.481 e. The molecule has 0 spiro atoms. The van der Waals surface area contributed by atoms with Gasteiger partial charge in [-0.25, -0.2) is 0 Å². The first-order valence-electron chi connectivity index (χ1n) is 4.83. The fourth-order valence-electron chi connectivity index (χ4n) is 1.49. The zero-order chi connectivity index (χ0) is 12.1. The van der Waals surface area contributed by atoms with Crippen LogP contribution in [0, 0.1) is 11.3 Å². The SMILES string of the molecule is C=C/C(=C\N=C)C(CC(=O)O)C(C)(C)C. The number of carboxylic acids is 1. The van der Waals surface area contributed by atoms with E-state index in [-0.39, 0.29) is 17.8 Å². The van der Waals surface area contributed by atoms with Gasteiger partial charge >= 0.3 is 5.97 Å². The number of rotatable bonds is 5. The van der Waals surface area contributed by atoms with Gasteiger partial charge in [0.2, 0.25) is 0 Å². The summed E-state index contributed by atoms with van der Waals surface area (Å²) in [5.74, 6) is -0.912. The van der Waals surface area contributed by atoms with Gasteiger partial charge in [-0.15, -0.1) is 0 Å². The molecule has 3 heteroatoms. The van der Waals surface area contributed by atoms with E-state index in [1.807, 2.05) is 20.8 Å². The summed E-state index contributed by atoms with van der Waals surface area (Å²) in [6.45, 7) is 13.0. The Kier molecular flexibility index (Phi) is 4.98. The zero-order valence-electron chi connectivity index (χ0n) is 9.66. The normalized spacial score (nSPS) is 14.5. The van der Waals surface area contributed by atoms with Crippen LogP contribution in [0.2, 0.25) is 0 Å². The third kappa shape index (κ3) is 4.58. The molecule has 0 aromatic carbocycles. The molecule has 0 aliphatic carbocycles. The number of aliphatic carboxylic acids is 1. The lowest BCUT2D eigenvalue weighted by molar-refractivity contribution is -0.138. The molecule has 0 aliphatic rings. The molecule has 0 aliphatic heterocycles. The van der Waals surface area contributed by atoms with Crippen molar-refractivity contribution in [2.45, 2.75) is 27.2 Å². The average molecular weight is 209 g/mol. The maximum atomic E-state index is 10.8. The van der Waals surface area contributed by atoms with Crippen LogP contribution in [0.4, 0.5) is 0 Å². The maximum Gasteiger partial charge on any atom is 0.303 e. The molecule has 0 aromatic rings. The summed E-state index contributed by atoms with van der Waals surface area (Å²) >= 11 is 0. The van der Waals surface area contributed by atoms with Gasteiger partial charge in [-0.05, 0) is 17.7 Å². The first kappa shape index (κ1) is 13.6. The standard InChI is InChI=1S/C12H19NO2/c1-6-9(8-13-5)10(7-11(14)15)12(2,3)4/h6,8,10H,1,5,7H2,2-4H3,(H,14,15)/b9-8+. The number of carboxylic acid groups (broad SMARTS) is 1. The summed E-state index contributed by atoms with van der Waals surface area (Å²) in [5, 5.41) is 8.85. The molecule has 15 heavy (non-hydrogen) atoms. The van der Waals surface area contributed by atoms with Crippen LogP contribution in [0.15, 0.2) is 29.4 Å². The Balaban J connectivity index is 5.07. The van der Waals surface area contributed by atoms with Crippen LogP contribution >= 0.6 is 0 Å². The van der Waals surface area contributed by atoms with Crippen LogP contribution in [-0.4, -0.2) is 17.8 Å². The molecule has 0 amide bonds. The zero-order valence-corrected chi connectivity index (χ0v) is 9.66. The van der Waals surface area contributed by atoms with E-state index in [1.165, 1.54) is 0 Å². The van der Waals surface area contributed by atoms with Gasteiger partial charge in [-0.1, -0.05) is 33.4 Å². The van der Waals surface area contributed by atoms with Crippen molar-refractivity contribution in [3.8, 4) is 0 Å². The summed E-state index contributed by atoms with van der Waals surface area (Å²) in [6, 6.07) is 0. The smallest absolute Gasteiger partial charge is 0.303 e. The number of allylic oxidation sites excluding steroid dienone is 2. The van der Waals surface area contributed by atoms with Gasteiger partial charge in [-0.3, -0.25) is 9.79 Å². The minimum atomic E-state index is -0.813. The monoisotopic (exact) mass is 209 g/mol. The van der Waals surface area contributed by atoms with E-state index in [0.29, 0.717) is 0 Å². The van der Waals surface area contributed by atoms with Crippen LogP contribution < -0.4 is 0 Å². The molecule has 1 N–H and O–H groups in total. The van der Waals surface area contributed by atoms with E-state index in [4.69, 9.17) is 5.11 Å². The van der Waals surface area contributed by atoms with Gasteiger partial charge in [0, 0.05) is 12.1 Å². The number of carbonyl (C=O) groups is 1. The Bertz CT molecular complexity index is 284. The molecule has 84 valence electrons. The first-order chi connectivity index (χ1) is 6.82. The van der Waals surface area contributed by atoms with E-state index in [1.54, 1.807) is 12.3 Å². The number of nitrogens with zero attached hydrogens (tertiary/aromatic N) is 1. The van der Waals surface area contributed by atoms with Crippen molar-refractivity contribution >= 4 is 12.7 Å². The largest absolute Gasteiger partial charge is 0.481 e. The maximum absolute atomic E-state index is 10.8. The molecule has 0 bridgehead atoms. The molecule has 1 unspecified atom stereocenters. The molecule has 1 atom stereocenters. The summed E-state index contributed by atoms with van der Waals surface area (Å²) < 4.78 is 0. The lowest BCUT2D eigenvalue weighted by Crippen LogP contribution is -2.24. The molecule has 3 nitrogen and oxygen atoms in total. The van der Waals surface area contributed by atoms with Gasteiger partial charge < -0.3 is 5.11 Å². The topological polar surface area (TPSA) is 49.7 Å². The third-order valence-corrected chi connectivity index (χ3v) is 2.30. The lowest BCUT2D eigenvalue weighted by Gasteiger charge is -2.30. The molecular formula is C12H19NO2. The van der Waals surface area contributed by atoms with Crippen molar-refractivity contribution in [2.24, 2.45) is 16.3 Å². The molecule has 0 heterocycles. The second-order valence-corrected chi connectivity index (χ2v) is 4.53. The third-order valence-electron chi connectivity index (χ3n) is 2.30. The Hall–Kier alpha value is -1.38. The summed E-state index contributed by atoms with van der Waals surface area (Å²) in [7, 11) is 0. The van der Waals surface area contributed by atoms with Crippen molar-refractivity contribution in [1.29, 1.82) is 0 Å². The van der Waals surface area contributed by atoms with E-state index >= 15 is 0 Å². The predicted octanol–water partition coefficient (Wildman–Crippen LogP) is 2.89. The Labute approximate surface area is 91.2 Å². The Morgan fingerprint density at radius 1 is 1.53 bits per heavy atom. The lowest BCUT2D eigenvalue weighted by atomic mass is 9.74. The van der Waals surface area contributed by atoms with Gasteiger partial charge in [0.1, 0.15) is 0 Å². The van der Waals surface area contributed by atoms with Crippen LogP contribution in [0.5, 0.6) is 0 Å². The number of hydrogen-bond acceptors (Lipinski definition) is 2. The highest BCUT2D eigenvalue weighted by atomic mass is 16.4. The minimum absolute atomic E-state index is 0.0802. The van der Waals surface area contributed by atoms with E-state index in [0.717, 1.165) is 5.57 Å². The molecule has 0 radical (unpaired) electrons. The summed E-state index contributed by atoms with van der Waals surface area (Å²) in [5.41, 5.74) is 0.684. The number of aliphatic imine (C=N–C) groups is 1. The highest BCUT2D eigenvalue weighted by Gasteiger charge is 2.28. The van der Waals surface area contributed by atoms with Gasteiger partial charge in [0.25, 0.3) is 0 Å². The van der Waals surface area contributed by atoms with Crippen LogP contribution in [0.25, 0.3) is 0 Å². The van der Waals surface area contributed by atoms with E-state index in [9.17, 15) is 4.79 Å². The van der Waals surface area contributed by atoms with Crippen molar-refractivity contribution in [3.05, 3.63) is 24.4 Å². The molecular weight excluding hydrogens is 190 g/mol. The fraction of sp³-hybridized carbons (Fsp3) is 0.500.